The Kier molecular flexibility index (Phi) is 5.83. The van der Waals surface area contributed by atoms with Crippen LogP contribution in [0.2, 0.25) is 5.02 Å². The topological polar surface area (TPSA) is 75.5 Å². The van der Waals surface area contributed by atoms with E-state index in [0.717, 1.165) is 0 Å². The van der Waals surface area contributed by atoms with Crippen molar-refractivity contribution >= 4 is 28.9 Å². The highest BCUT2D eigenvalue weighted by Gasteiger charge is 2.17. The summed E-state index contributed by atoms with van der Waals surface area (Å²) < 4.78 is 13.6. The largest absolute Gasteiger partial charge is 0.319 e. The lowest BCUT2D eigenvalue weighted by molar-refractivity contribution is -0.383. The Morgan fingerprint density at radius 3 is 2.71 bits per heavy atom. The van der Waals surface area contributed by atoms with Crippen molar-refractivity contribution in [2.45, 2.75) is 6.54 Å². The average Bonchev–Trinajstić information content (AvgIpc) is 2.51. The summed E-state index contributed by atoms with van der Waals surface area (Å²) in [6.07, 6.45) is 0. The van der Waals surface area contributed by atoms with Gasteiger partial charge in [0.05, 0.1) is 11.5 Å². The van der Waals surface area contributed by atoms with E-state index in [1.165, 1.54) is 24.3 Å². The van der Waals surface area contributed by atoms with Crippen LogP contribution in [-0.2, 0) is 11.3 Å². The molecule has 126 valence electrons. The lowest BCUT2D eigenvalue weighted by Gasteiger charge is -2.16. The summed E-state index contributed by atoms with van der Waals surface area (Å²) in [6, 6.07) is 10.3. The Morgan fingerprint density at radius 1 is 1.33 bits per heavy atom. The molecule has 2 rings (SSSR count). The standard InChI is InChI=1S/C16H15ClFN3O3/c1-20(9-11-4-2-3-5-13(11)18)10-16(22)19-14-7-6-12(17)8-15(14)21(23)24/h2-8H,9-10H2,1H3,(H,19,22). The minimum Gasteiger partial charge on any atom is -0.319 e. The van der Waals surface area contributed by atoms with Crippen molar-refractivity contribution in [1.29, 1.82) is 0 Å². The monoisotopic (exact) mass is 351 g/mol. The number of nitro benzene ring substituents is 1. The van der Waals surface area contributed by atoms with E-state index in [-0.39, 0.29) is 35.3 Å². The van der Waals surface area contributed by atoms with Crippen LogP contribution in [0.4, 0.5) is 15.8 Å². The van der Waals surface area contributed by atoms with Crippen LogP contribution in [0.5, 0.6) is 0 Å². The Morgan fingerprint density at radius 2 is 2.04 bits per heavy atom. The van der Waals surface area contributed by atoms with Crippen LogP contribution in [0.3, 0.4) is 0 Å². The summed E-state index contributed by atoms with van der Waals surface area (Å²) in [6.45, 7) is 0.191. The van der Waals surface area contributed by atoms with Gasteiger partial charge in [-0.3, -0.25) is 19.8 Å². The number of halogens is 2. The van der Waals surface area contributed by atoms with Gasteiger partial charge in [-0.1, -0.05) is 29.8 Å². The van der Waals surface area contributed by atoms with Crippen LogP contribution in [0, 0.1) is 15.9 Å². The van der Waals surface area contributed by atoms with Gasteiger partial charge in [0.25, 0.3) is 5.69 Å². The van der Waals surface area contributed by atoms with Crippen LogP contribution >= 0.6 is 11.6 Å². The third-order valence-electron chi connectivity index (χ3n) is 3.24. The molecular formula is C16H15ClFN3O3. The van der Waals surface area contributed by atoms with Crippen LogP contribution < -0.4 is 5.32 Å². The fourth-order valence-corrected chi connectivity index (χ4v) is 2.34. The Balaban J connectivity index is 2.01. The van der Waals surface area contributed by atoms with Crippen LogP contribution in [0.1, 0.15) is 5.56 Å². The van der Waals surface area contributed by atoms with E-state index in [4.69, 9.17) is 11.6 Å². The van der Waals surface area contributed by atoms with E-state index in [9.17, 15) is 19.3 Å². The van der Waals surface area contributed by atoms with Gasteiger partial charge in [-0.15, -0.1) is 0 Å². The number of carbonyl (C=O) groups excluding carboxylic acids is 1. The minimum absolute atomic E-state index is 0.0475. The Labute approximate surface area is 143 Å². The fraction of sp³-hybridized carbons (Fsp3) is 0.188. The molecule has 0 bridgehead atoms. The highest BCUT2D eigenvalue weighted by atomic mass is 35.5. The molecule has 2 aromatic carbocycles. The number of nitro groups is 1. The lowest BCUT2D eigenvalue weighted by atomic mass is 10.2. The molecule has 2 aromatic rings. The molecule has 0 spiro atoms. The van der Waals surface area contributed by atoms with Crippen molar-refractivity contribution in [1.82, 2.24) is 4.90 Å². The number of amides is 1. The minimum atomic E-state index is -0.620. The van der Waals surface area contributed by atoms with Crippen molar-refractivity contribution in [3.05, 3.63) is 69.0 Å². The molecule has 0 aliphatic carbocycles. The van der Waals surface area contributed by atoms with Crippen molar-refractivity contribution < 1.29 is 14.1 Å². The van der Waals surface area contributed by atoms with E-state index >= 15 is 0 Å². The van der Waals surface area contributed by atoms with Crippen LogP contribution in [-0.4, -0.2) is 29.3 Å². The van der Waals surface area contributed by atoms with E-state index in [0.29, 0.717) is 5.56 Å². The maximum absolute atomic E-state index is 13.6. The first-order valence-corrected chi connectivity index (χ1v) is 7.40. The molecule has 0 unspecified atom stereocenters. The second kappa shape index (κ2) is 7.85. The molecule has 6 nitrogen and oxygen atoms in total. The molecule has 1 N–H and O–H groups in total. The van der Waals surface area contributed by atoms with E-state index in [1.807, 2.05) is 0 Å². The molecule has 0 radical (unpaired) electrons. The second-order valence-corrected chi connectivity index (χ2v) is 5.67. The quantitative estimate of drug-likeness (QED) is 0.638. The molecule has 0 aromatic heterocycles. The van der Waals surface area contributed by atoms with Gasteiger partial charge in [0.2, 0.25) is 5.91 Å². The molecule has 0 atom stereocenters. The predicted octanol–water partition coefficient (Wildman–Crippen LogP) is 3.46. The molecule has 1 amide bonds. The molecule has 0 saturated carbocycles. The summed E-state index contributed by atoms with van der Waals surface area (Å²) in [5.74, 6) is -0.794. The first-order chi connectivity index (χ1) is 11.4. The number of likely N-dealkylation sites (N-methyl/N-ethyl adjacent to an activating group) is 1. The third kappa shape index (κ3) is 4.74. The van der Waals surface area contributed by atoms with Gasteiger partial charge in [-0.05, 0) is 25.2 Å². The number of anilines is 1. The van der Waals surface area contributed by atoms with Crippen molar-refractivity contribution in [2.24, 2.45) is 0 Å². The number of benzene rings is 2. The number of carbonyl (C=O) groups is 1. The zero-order chi connectivity index (χ0) is 17.7. The van der Waals surface area contributed by atoms with E-state index < -0.39 is 10.8 Å². The lowest BCUT2D eigenvalue weighted by Crippen LogP contribution is -2.30. The summed E-state index contributed by atoms with van der Waals surface area (Å²) in [7, 11) is 1.66. The number of nitrogens with zero attached hydrogens (tertiary/aromatic N) is 2. The van der Waals surface area contributed by atoms with Gasteiger partial charge >= 0.3 is 0 Å². The Hall–Kier alpha value is -2.51. The highest BCUT2D eigenvalue weighted by Crippen LogP contribution is 2.27. The Bertz CT molecular complexity index is 770. The smallest absolute Gasteiger partial charge is 0.294 e. The molecule has 8 heteroatoms. The predicted molar refractivity (Wildman–Crippen MR) is 89.5 cm³/mol. The summed E-state index contributed by atoms with van der Waals surface area (Å²) in [5, 5.41) is 13.7. The SMILES string of the molecule is CN(CC(=O)Nc1ccc(Cl)cc1[N+](=O)[O-])Cc1ccccc1F. The summed E-state index contributed by atoms with van der Waals surface area (Å²) >= 11 is 5.73. The maximum atomic E-state index is 13.6. The number of hydrogen-bond acceptors (Lipinski definition) is 4. The molecule has 0 fully saturated rings. The summed E-state index contributed by atoms with van der Waals surface area (Å²) in [5.41, 5.74) is 0.242. The van der Waals surface area contributed by atoms with Gasteiger partial charge in [0.1, 0.15) is 11.5 Å². The highest BCUT2D eigenvalue weighted by molar-refractivity contribution is 6.31. The van der Waals surface area contributed by atoms with Gasteiger partial charge < -0.3 is 5.32 Å². The summed E-state index contributed by atoms with van der Waals surface area (Å²) in [4.78, 5) is 24.0. The third-order valence-corrected chi connectivity index (χ3v) is 3.48. The fourth-order valence-electron chi connectivity index (χ4n) is 2.17. The molecule has 0 saturated heterocycles. The number of nitrogens with one attached hydrogen (secondary N) is 1. The van der Waals surface area contributed by atoms with Crippen LogP contribution in [0.15, 0.2) is 42.5 Å². The first kappa shape index (κ1) is 17.8. The zero-order valence-electron chi connectivity index (χ0n) is 12.8. The average molecular weight is 352 g/mol. The van der Waals surface area contributed by atoms with Crippen molar-refractivity contribution in [3.63, 3.8) is 0 Å². The van der Waals surface area contributed by atoms with Gasteiger partial charge in [0, 0.05) is 23.2 Å². The van der Waals surface area contributed by atoms with Gasteiger partial charge in [-0.2, -0.15) is 0 Å². The molecule has 0 heterocycles. The van der Waals surface area contributed by atoms with Crippen molar-refractivity contribution in [2.75, 3.05) is 18.9 Å². The van der Waals surface area contributed by atoms with Crippen LogP contribution in [0.25, 0.3) is 0 Å². The number of rotatable bonds is 6. The molecular weight excluding hydrogens is 337 g/mol. The first-order valence-electron chi connectivity index (χ1n) is 7.02. The van der Waals surface area contributed by atoms with E-state index in [1.54, 1.807) is 30.1 Å². The van der Waals surface area contributed by atoms with Gasteiger partial charge in [-0.25, -0.2) is 4.39 Å². The normalized spacial score (nSPS) is 10.7. The number of hydrogen-bond donors (Lipinski definition) is 1. The molecule has 0 aliphatic rings. The maximum Gasteiger partial charge on any atom is 0.294 e. The van der Waals surface area contributed by atoms with Crippen molar-refractivity contribution in [3.8, 4) is 0 Å². The zero-order valence-corrected chi connectivity index (χ0v) is 13.6. The van der Waals surface area contributed by atoms with Gasteiger partial charge in [0.15, 0.2) is 0 Å². The second-order valence-electron chi connectivity index (χ2n) is 5.23. The van der Waals surface area contributed by atoms with E-state index in [2.05, 4.69) is 5.32 Å². The molecule has 24 heavy (non-hydrogen) atoms. The molecule has 0 aliphatic heterocycles.